The van der Waals surface area contributed by atoms with Gasteiger partial charge in [0, 0.05) is 31.2 Å². The van der Waals surface area contributed by atoms with Crippen molar-refractivity contribution >= 4 is 28.9 Å². The topological polar surface area (TPSA) is 88.5 Å². The van der Waals surface area contributed by atoms with E-state index in [4.69, 9.17) is 9.72 Å². The average molecular weight is 592 g/mol. The zero-order chi connectivity index (χ0) is 32.7. The van der Waals surface area contributed by atoms with Gasteiger partial charge in [-0.1, -0.05) is 68.7 Å². The Morgan fingerprint density at radius 2 is 1.48 bits per heavy atom. The van der Waals surface area contributed by atoms with E-state index in [2.05, 4.69) is 63.7 Å². The lowest BCUT2D eigenvalue weighted by Crippen LogP contribution is -2.34. The number of imidazole rings is 1. The van der Waals surface area contributed by atoms with E-state index in [1.165, 1.54) is 6.42 Å². The summed E-state index contributed by atoms with van der Waals surface area (Å²) in [5, 5.41) is 6.26. The minimum absolute atomic E-state index is 0.0761. The molecule has 2 N–H and O–H groups in total. The first-order valence-electron chi connectivity index (χ1n) is 16.3. The average Bonchev–Trinajstić information content (AvgIpc) is 3.29. The number of benzene rings is 1. The Morgan fingerprint density at radius 3 is 1.90 bits per heavy atom. The number of carbonyl (C=O) groups excluding carboxylic acids is 2. The quantitative estimate of drug-likeness (QED) is 0.216. The highest BCUT2D eigenvalue weighted by Gasteiger charge is 2.20. The largest absolute Gasteiger partial charge is 0.466 e. The second-order valence-electron chi connectivity index (χ2n) is 11.0. The van der Waals surface area contributed by atoms with E-state index in [0.29, 0.717) is 36.5 Å². The number of carbonyl (C=O) groups is 2. The van der Waals surface area contributed by atoms with E-state index in [9.17, 15) is 9.59 Å². The number of esters is 1. The molecule has 0 saturated carbocycles. The number of fused-ring (bicyclic) bond motifs is 1. The normalized spacial score (nSPS) is 11.0. The molecular weight excluding hydrogens is 526 g/mol. The van der Waals surface area contributed by atoms with Crippen molar-refractivity contribution in [2.45, 2.75) is 121 Å². The molecule has 0 bridgehead atoms. The standard InChI is InChI=1S/C26H42N4O3.C3H9N.C3H8.C2H6/c1-8-30-23-17-21(25(32)29(14-12-18(3)4)15-13-19(5)6)10-11-22(23)28-26(30)27-20(7)16-24(31)33-9-2;1-3-4-2;1-3-2;1-2/h10-11,17-20H,8-9,12-16H2,1-7H3,(H,27,28);4H,3H2,1-2H3;3H2,1-2H3;1-2H3. The van der Waals surface area contributed by atoms with Crippen LogP contribution < -0.4 is 10.6 Å². The summed E-state index contributed by atoms with van der Waals surface area (Å²) < 4.78 is 7.11. The van der Waals surface area contributed by atoms with Crippen LogP contribution in [0.15, 0.2) is 18.2 Å². The molecule has 0 aliphatic heterocycles. The van der Waals surface area contributed by atoms with E-state index in [1.54, 1.807) is 6.92 Å². The van der Waals surface area contributed by atoms with Gasteiger partial charge in [0.1, 0.15) is 0 Å². The van der Waals surface area contributed by atoms with Gasteiger partial charge in [0.15, 0.2) is 0 Å². The number of hydrogen-bond acceptors (Lipinski definition) is 6. The molecule has 0 aliphatic carbocycles. The molecule has 2 rings (SSSR count). The highest BCUT2D eigenvalue weighted by atomic mass is 16.5. The number of nitrogens with one attached hydrogen (secondary N) is 2. The highest BCUT2D eigenvalue weighted by Crippen LogP contribution is 2.23. The second-order valence-corrected chi connectivity index (χ2v) is 11.0. The molecule has 2 aromatic rings. The van der Waals surface area contributed by atoms with Gasteiger partial charge in [-0.25, -0.2) is 4.98 Å². The molecule has 1 aromatic carbocycles. The third-order valence-electron chi connectivity index (χ3n) is 6.06. The van der Waals surface area contributed by atoms with Crippen molar-refractivity contribution in [1.29, 1.82) is 0 Å². The van der Waals surface area contributed by atoms with Crippen molar-refractivity contribution in [3.8, 4) is 0 Å². The predicted octanol–water partition coefficient (Wildman–Crippen LogP) is 8.01. The highest BCUT2D eigenvalue weighted by molar-refractivity contribution is 5.97. The minimum Gasteiger partial charge on any atom is -0.466 e. The van der Waals surface area contributed by atoms with Crippen molar-refractivity contribution in [2.24, 2.45) is 11.8 Å². The molecule has 1 unspecified atom stereocenters. The van der Waals surface area contributed by atoms with Crippen LogP contribution in [0.5, 0.6) is 0 Å². The lowest BCUT2D eigenvalue weighted by Gasteiger charge is -2.24. The van der Waals surface area contributed by atoms with Gasteiger partial charge < -0.3 is 24.8 Å². The summed E-state index contributed by atoms with van der Waals surface area (Å²) >= 11 is 0. The number of ether oxygens (including phenoxy) is 1. The van der Waals surface area contributed by atoms with Gasteiger partial charge in [0.25, 0.3) is 5.91 Å². The Hall–Kier alpha value is -2.61. The van der Waals surface area contributed by atoms with Crippen molar-refractivity contribution < 1.29 is 14.3 Å². The maximum atomic E-state index is 13.4. The third kappa shape index (κ3) is 16.7. The molecule has 1 amide bonds. The summed E-state index contributed by atoms with van der Waals surface area (Å²) in [5.74, 6) is 1.65. The summed E-state index contributed by atoms with van der Waals surface area (Å²) in [6.07, 6.45) is 3.50. The molecule has 0 aliphatic rings. The van der Waals surface area contributed by atoms with Crippen LogP contribution >= 0.6 is 0 Å². The van der Waals surface area contributed by atoms with E-state index in [1.807, 2.05) is 57.8 Å². The minimum atomic E-state index is -0.229. The number of rotatable bonds is 14. The fourth-order valence-electron chi connectivity index (χ4n) is 3.75. The number of aromatic nitrogens is 2. The van der Waals surface area contributed by atoms with Crippen LogP contribution in [0.2, 0.25) is 0 Å². The lowest BCUT2D eigenvalue weighted by molar-refractivity contribution is -0.143. The monoisotopic (exact) mass is 592 g/mol. The molecule has 8 heteroatoms. The van der Waals surface area contributed by atoms with E-state index in [-0.39, 0.29) is 24.3 Å². The van der Waals surface area contributed by atoms with Crippen molar-refractivity contribution in [3.05, 3.63) is 23.8 Å². The number of nitrogens with zero attached hydrogens (tertiary/aromatic N) is 3. The Balaban J connectivity index is 0. The Labute approximate surface area is 258 Å². The molecule has 244 valence electrons. The van der Waals surface area contributed by atoms with Gasteiger partial charge in [0.05, 0.1) is 24.1 Å². The molecule has 0 spiro atoms. The van der Waals surface area contributed by atoms with Crippen LogP contribution in [0.3, 0.4) is 0 Å². The fraction of sp³-hybridized carbons (Fsp3) is 0.735. The van der Waals surface area contributed by atoms with Crippen LogP contribution in [-0.2, 0) is 16.1 Å². The molecule has 1 aromatic heterocycles. The molecule has 0 fully saturated rings. The zero-order valence-corrected chi connectivity index (χ0v) is 29.4. The predicted molar refractivity (Wildman–Crippen MR) is 181 cm³/mol. The van der Waals surface area contributed by atoms with Crippen LogP contribution in [0.25, 0.3) is 11.0 Å². The smallest absolute Gasteiger partial charge is 0.307 e. The molecule has 1 atom stereocenters. The summed E-state index contributed by atoms with van der Waals surface area (Å²) in [6, 6.07) is 5.63. The number of anilines is 1. The number of hydrogen-bond donors (Lipinski definition) is 2. The molecular formula is C34H65N5O3. The molecule has 42 heavy (non-hydrogen) atoms. The lowest BCUT2D eigenvalue weighted by atomic mass is 10.1. The van der Waals surface area contributed by atoms with Gasteiger partial charge in [0.2, 0.25) is 5.95 Å². The summed E-state index contributed by atoms with van der Waals surface area (Å²) in [5.41, 5.74) is 2.44. The fourth-order valence-corrected chi connectivity index (χ4v) is 3.75. The SMILES string of the molecule is CC.CCC.CCNC.CCOC(=O)CC(C)Nc1nc2ccc(C(=O)N(CCC(C)C)CCC(C)C)cc2n1CC. The maximum absolute atomic E-state index is 13.4. The zero-order valence-electron chi connectivity index (χ0n) is 29.4. The summed E-state index contributed by atoms with van der Waals surface area (Å²) in [7, 11) is 1.93. The molecule has 1 heterocycles. The van der Waals surface area contributed by atoms with Gasteiger partial charge in [-0.15, -0.1) is 0 Å². The maximum Gasteiger partial charge on any atom is 0.307 e. The Kier molecular flexibility index (Phi) is 24.7. The molecule has 0 saturated heterocycles. The van der Waals surface area contributed by atoms with Crippen LogP contribution in [0, 0.1) is 11.8 Å². The van der Waals surface area contributed by atoms with Gasteiger partial charge >= 0.3 is 5.97 Å². The van der Waals surface area contributed by atoms with Crippen LogP contribution in [-0.4, -0.2) is 65.7 Å². The van der Waals surface area contributed by atoms with E-state index < -0.39 is 0 Å². The van der Waals surface area contributed by atoms with E-state index in [0.717, 1.165) is 43.5 Å². The molecule has 8 nitrogen and oxygen atoms in total. The molecule has 0 radical (unpaired) electrons. The van der Waals surface area contributed by atoms with Crippen molar-refractivity contribution in [1.82, 2.24) is 19.8 Å². The number of amides is 1. The van der Waals surface area contributed by atoms with Crippen molar-refractivity contribution in [2.75, 3.05) is 38.6 Å². The Bertz CT molecular complexity index is 957. The first-order valence-corrected chi connectivity index (χ1v) is 16.3. The van der Waals surface area contributed by atoms with Crippen LogP contribution in [0.1, 0.15) is 119 Å². The van der Waals surface area contributed by atoms with Gasteiger partial charge in [-0.3, -0.25) is 9.59 Å². The first-order chi connectivity index (χ1) is 20.0. The second kappa shape index (κ2) is 24.9. The first kappa shape index (κ1) is 41.5. The van der Waals surface area contributed by atoms with E-state index >= 15 is 0 Å². The third-order valence-corrected chi connectivity index (χ3v) is 6.06. The van der Waals surface area contributed by atoms with Gasteiger partial charge in [-0.2, -0.15) is 0 Å². The van der Waals surface area contributed by atoms with Gasteiger partial charge in [-0.05, 0) is 77.2 Å². The number of aryl methyl sites for hydroxylation is 1. The van der Waals surface area contributed by atoms with Crippen LogP contribution in [0.4, 0.5) is 5.95 Å². The summed E-state index contributed by atoms with van der Waals surface area (Å²) in [4.78, 5) is 31.9. The Morgan fingerprint density at radius 1 is 0.952 bits per heavy atom. The van der Waals surface area contributed by atoms with Crippen molar-refractivity contribution in [3.63, 3.8) is 0 Å². The summed E-state index contributed by atoms with van der Waals surface area (Å²) in [6.45, 7) is 28.6.